The number of amides is 2. The largest absolute Gasteiger partial charge is 0.379 e. The predicted octanol–water partition coefficient (Wildman–Crippen LogP) is 2.99. The van der Waals surface area contributed by atoms with Crippen molar-refractivity contribution in [2.24, 2.45) is 0 Å². The number of carbonyl (C=O) groups excluding carboxylic acids is 2. The molecule has 0 atom stereocenters. The predicted molar refractivity (Wildman–Crippen MR) is 95.6 cm³/mol. The minimum Gasteiger partial charge on any atom is -0.379 e. The number of nitro benzene ring substituents is 1. The van der Waals surface area contributed by atoms with E-state index in [4.69, 9.17) is 0 Å². The summed E-state index contributed by atoms with van der Waals surface area (Å²) in [5, 5.41) is 19.2. The number of hydrogen-bond donors (Lipinski definition) is 3. The lowest BCUT2D eigenvalue weighted by atomic mass is 10.2. The summed E-state index contributed by atoms with van der Waals surface area (Å²) in [4.78, 5) is 33.5. The number of para-hydroxylation sites is 2. The Morgan fingerprint density at radius 2 is 1.72 bits per heavy atom. The first-order chi connectivity index (χ1) is 12.0. The second-order valence-electron chi connectivity index (χ2n) is 5.26. The van der Waals surface area contributed by atoms with Crippen molar-refractivity contribution in [1.29, 1.82) is 0 Å². The van der Waals surface area contributed by atoms with Crippen LogP contribution in [-0.2, 0) is 9.59 Å². The first-order valence-electron chi connectivity index (χ1n) is 7.60. The molecule has 0 aliphatic carbocycles. The highest BCUT2D eigenvalue weighted by Crippen LogP contribution is 2.23. The van der Waals surface area contributed by atoms with E-state index >= 15 is 0 Å². The minimum atomic E-state index is -0.476. The summed E-state index contributed by atoms with van der Waals surface area (Å²) in [7, 11) is 0. The van der Waals surface area contributed by atoms with Crippen LogP contribution in [0.5, 0.6) is 0 Å². The number of nitrogens with zero attached hydrogens (tertiary/aromatic N) is 1. The molecule has 0 aliphatic rings. The summed E-state index contributed by atoms with van der Waals surface area (Å²) in [6.45, 7) is 1.65. The molecule has 8 heteroatoms. The average molecular weight is 342 g/mol. The number of anilines is 3. The molecule has 8 nitrogen and oxygen atoms in total. The number of carbonyl (C=O) groups is 2. The van der Waals surface area contributed by atoms with Crippen molar-refractivity contribution in [1.82, 2.24) is 0 Å². The molecule has 2 rings (SSSR count). The number of nitrogens with one attached hydrogen (secondary N) is 3. The van der Waals surface area contributed by atoms with E-state index in [-0.39, 0.29) is 30.5 Å². The van der Waals surface area contributed by atoms with Crippen LogP contribution in [0, 0.1) is 10.1 Å². The molecule has 130 valence electrons. The Morgan fingerprint density at radius 1 is 1.04 bits per heavy atom. The van der Waals surface area contributed by atoms with E-state index in [0.29, 0.717) is 17.1 Å². The van der Waals surface area contributed by atoms with E-state index in [1.807, 2.05) is 0 Å². The van der Waals surface area contributed by atoms with Crippen LogP contribution in [0.25, 0.3) is 0 Å². The molecule has 0 spiro atoms. The Hall–Kier alpha value is -3.42. The molecule has 0 radical (unpaired) electrons. The van der Waals surface area contributed by atoms with Crippen molar-refractivity contribution in [3.63, 3.8) is 0 Å². The average Bonchev–Trinajstić information content (AvgIpc) is 2.54. The molecule has 2 amide bonds. The molecule has 0 aromatic heterocycles. The molecule has 0 unspecified atom stereocenters. The van der Waals surface area contributed by atoms with Gasteiger partial charge in [-0.25, -0.2) is 0 Å². The fourth-order valence-corrected chi connectivity index (χ4v) is 2.19. The van der Waals surface area contributed by atoms with Gasteiger partial charge < -0.3 is 16.0 Å². The third kappa shape index (κ3) is 5.61. The Bertz CT molecular complexity index is 792. The van der Waals surface area contributed by atoms with Gasteiger partial charge in [-0.2, -0.15) is 0 Å². The van der Waals surface area contributed by atoms with Crippen LogP contribution >= 0.6 is 0 Å². The van der Waals surface area contributed by atoms with E-state index < -0.39 is 4.92 Å². The zero-order valence-electron chi connectivity index (χ0n) is 13.6. The first kappa shape index (κ1) is 17.9. The first-order valence-corrected chi connectivity index (χ1v) is 7.60. The third-order valence-corrected chi connectivity index (χ3v) is 3.23. The molecule has 0 saturated heterocycles. The highest BCUT2D eigenvalue weighted by molar-refractivity contribution is 5.93. The quantitative estimate of drug-likeness (QED) is 0.529. The Morgan fingerprint density at radius 3 is 2.40 bits per heavy atom. The Balaban J connectivity index is 1.87. The fourth-order valence-electron chi connectivity index (χ4n) is 2.19. The van der Waals surface area contributed by atoms with Gasteiger partial charge in [-0.3, -0.25) is 19.7 Å². The van der Waals surface area contributed by atoms with Crippen molar-refractivity contribution in [2.75, 3.05) is 22.5 Å². The second-order valence-corrected chi connectivity index (χ2v) is 5.26. The van der Waals surface area contributed by atoms with Gasteiger partial charge in [0.15, 0.2) is 0 Å². The summed E-state index contributed by atoms with van der Waals surface area (Å²) < 4.78 is 0. The van der Waals surface area contributed by atoms with E-state index in [1.165, 1.54) is 13.0 Å². The van der Waals surface area contributed by atoms with E-state index in [2.05, 4.69) is 16.0 Å². The standard InChI is InChI=1S/C17H18N4O4/c1-12(22)19-13-5-4-6-14(11-13)20-17(23)9-10-18-15-7-2-3-8-16(15)21(24)25/h2-8,11,18H,9-10H2,1H3,(H,19,22)(H,20,23). The van der Waals surface area contributed by atoms with Crippen LogP contribution in [0.2, 0.25) is 0 Å². The Kier molecular flexibility index (Phi) is 6.05. The zero-order valence-corrected chi connectivity index (χ0v) is 13.6. The van der Waals surface area contributed by atoms with Gasteiger partial charge in [0, 0.05) is 37.3 Å². The van der Waals surface area contributed by atoms with E-state index in [1.54, 1.807) is 42.5 Å². The Labute approximate surface area is 144 Å². The second kappa shape index (κ2) is 8.44. The molecule has 0 fully saturated rings. The molecule has 0 bridgehead atoms. The lowest BCUT2D eigenvalue weighted by molar-refractivity contribution is -0.384. The van der Waals surface area contributed by atoms with Crippen LogP contribution in [0.4, 0.5) is 22.7 Å². The molecule has 0 aliphatic heterocycles. The molecule has 0 saturated carbocycles. The molecule has 25 heavy (non-hydrogen) atoms. The van der Waals surface area contributed by atoms with Gasteiger partial charge in [0.2, 0.25) is 11.8 Å². The number of benzene rings is 2. The topological polar surface area (TPSA) is 113 Å². The number of hydrogen-bond acceptors (Lipinski definition) is 5. The van der Waals surface area contributed by atoms with Gasteiger partial charge in [-0.05, 0) is 24.3 Å². The number of rotatable bonds is 7. The SMILES string of the molecule is CC(=O)Nc1cccc(NC(=O)CCNc2ccccc2[N+](=O)[O-])c1. The van der Waals surface area contributed by atoms with Crippen molar-refractivity contribution >= 4 is 34.6 Å². The van der Waals surface area contributed by atoms with Crippen molar-refractivity contribution < 1.29 is 14.5 Å². The van der Waals surface area contributed by atoms with Gasteiger partial charge >= 0.3 is 0 Å². The summed E-state index contributed by atoms with van der Waals surface area (Å²) >= 11 is 0. The van der Waals surface area contributed by atoms with Crippen molar-refractivity contribution in [2.45, 2.75) is 13.3 Å². The summed E-state index contributed by atoms with van der Waals surface area (Å²) in [5.74, 6) is -0.441. The van der Waals surface area contributed by atoms with Gasteiger partial charge in [0.1, 0.15) is 5.69 Å². The van der Waals surface area contributed by atoms with Crippen LogP contribution in [0.3, 0.4) is 0 Å². The molecular formula is C17H18N4O4. The van der Waals surface area contributed by atoms with Gasteiger partial charge in [-0.1, -0.05) is 18.2 Å². The van der Waals surface area contributed by atoms with E-state index in [0.717, 1.165) is 0 Å². The highest BCUT2D eigenvalue weighted by Gasteiger charge is 2.12. The maximum atomic E-state index is 12.0. The highest BCUT2D eigenvalue weighted by atomic mass is 16.6. The van der Waals surface area contributed by atoms with Crippen LogP contribution in [0.1, 0.15) is 13.3 Å². The molecule has 3 N–H and O–H groups in total. The third-order valence-electron chi connectivity index (χ3n) is 3.23. The maximum absolute atomic E-state index is 12.0. The lowest BCUT2D eigenvalue weighted by Crippen LogP contribution is -2.16. The van der Waals surface area contributed by atoms with E-state index in [9.17, 15) is 19.7 Å². The lowest BCUT2D eigenvalue weighted by Gasteiger charge is -2.09. The van der Waals surface area contributed by atoms with Crippen LogP contribution < -0.4 is 16.0 Å². The summed E-state index contributed by atoms with van der Waals surface area (Å²) in [6.07, 6.45) is 0.135. The van der Waals surface area contributed by atoms with Gasteiger partial charge in [-0.15, -0.1) is 0 Å². The molecule has 2 aromatic rings. The van der Waals surface area contributed by atoms with Crippen molar-refractivity contribution in [3.05, 3.63) is 58.6 Å². The maximum Gasteiger partial charge on any atom is 0.292 e. The number of nitro groups is 1. The summed E-state index contributed by atoms with van der Waals surface area (Å²) in [6, 6.07) is 13.0. The monoisotopic (exact) mass is 342 g/mol. The zero-order chi connectivity index (χ0) is 18.2. The molecule has 2 aromatic carbocycles. The van der Waals surface area contributed by atoms with Crippen LogP contribution in [0.15, 0.2) is 48.5 Å². The van der Waals surface area contributed by atoms with Crippen LogP contribution in [-0.4, -0.2) is 23.3 Å². The van der Waals surface area contributed by atoms with Gasteiger partial charge in [0.05, 0.1) is 4.92 Å². The summed E-state index contributed by atoms with van der Waals surface area (Å²) in [5.41, 5.74) is 1.48. The van der Waals surface area contributed by atoms with Crippen molar-refractivity contribution in [3.8, 4) is 0 Å². The normalized spacial score (nSPS) is 9.96. The minimum absolute atomic E-state index is 0.0362. The van der Waals surface area contributed by atoms with Gasteiger partial charge in [0.25, 0.3) is 5.69 Å². The molecule has 0 heterocycles. The smallest absolute Gasteiger partial charge is 0.292 e. The molecular weight excluding hydrogens is 324 g/mol. The fraction of sp³-hybridized carbons (Fsp3) is 0.176.